The lowest BCUT2D eigenvalue weighted by Crippen LogP contribution is -2.25. The lowest BCUT2D eigenvalue weighted by Gasteiger charge is -2.30. The van der Waals surface area contributed by atoms with Crippen LogP contribution in [0.2, 0.25) is 0 Å². The first-order chi connectivity index (χ1) is 9.67. The average molecular weight is 307 g/mol. The van der Waals surface area contributed by atoms with Crippen LogP contribution in [0.25, 0.3) is 0 Å². The molecule has 0 aromatic heterocycles. The van der Waals surface area contributed by atoms with E-state index in [2.05, 4.69) is 50.2 Å². The fraction of sp³-hybridized carbons (Fsp3) is 0.333. The van der Waals surface area contributed by atoms with Gasteiger partial charge in [-0.15, -0.1) is 23.2 Å². The SMILES string of the molecule is CCc1ccccc1C(Cl)(CCl)c1ccccc1CC. The minimum Gasteiger partial charge on any atom is -0.124 e. The summed E-state index contributed by atoms with van der Waals surface area (Å²) in [5, 5.41) is 0. The number of benzene rings is 2. The first-order valence-electron chi connectivity index (χ1n) is 7.09. The second kappa shape index (κ2) is 6.65. The van der Waals surface area contributed by atoms with Crippen LogP contribution in [0.15, 0.2) is 48.5 Å². The largest absolute Gasteiger partial charge is 0.124 e. The molecule has 0 heterocycles. The van der Waals surface area contributed by atoms with Gasteiger partial charge in [0, 0.05) is 5.88 Å². The predicted molar refractivity (Wildman–Crippen MR) is 89.0 cm³/mol. The van der Waals surface area contributed by atoms with E-state index in [1.165, 1.54) is 11.1 Å². The summed E-state index contributed by atoms with van der Waals surface area (Å²) in [6.07, 6.45) is 1.91. The highest BCUT2D eigenvalue weighted by Gasteiger charge is 2.34. The normalized spacial score (nSPS) is 11.6. The maximum absolute atomic E-state index is 7.01. The van der Waals surface area contributed by atoms with Crippen LogP contribution in [0.5, 0.6) is 0 Å². The van der Waals surface area contributed by atoms with E-state index in [4.69, 9.17) is 23.2 Å². The molecule has 106 valence electrons. The molecule has 0 aliphatic rings. The molecule has 0 unspecified atom stereocenters. The van der Waals surface area contributed by atoms with Crippen LogP contribution in [0.4, 0.5) is 0 Å². The van der Waals surface area contributed by atoms with Gasteiger partial charge < -0.3 is 0 Å². The molecule has 0 aliphatic heterocycles. The van der Waals surface area contributed by atoms with E-state index >= 15 is 0 Å². The summed E-state index contributed by atoms with van der Waals surface area (Å²) in [7, 11) is 0. The number of halogens is 2. The molecule has 2 aromatic carbocycles. The third kappa shape index (κ3) is 2.73. The molecule has 0 radical (unpaired) electrons. The van der Waals surface area contributed by atoms with Crippen molar-refractivity contribution in [2.45, 2.75) is 31.6 Å². The third-order valence-corrected chi connectivity index (χ3v) is 4.91. The van der Waals surface area contributed by atoms with Crippen LogP contribution in [0.1, 0.15) is 36.1 Å². The van der Waals surface area contributed by atoms with Gasteiger partial charge in [0.15, 0.2) is 0 Å². The second-order valence-electron chi connectivity index (χ2n) is 4.96. The second-order valence-corrected chi connectivity index (χ2v) is 5.87. The van der Waals surface area contributed by atoms with E-state index < -0.39 is 4.87 Å². The van der Waals surface area contributed by atoms with E-state index in [1.807, 2.05) is 12.1 Å². The summed E-state index contributed by atoms with van der Waals surface area (Å²) >= 11 is 13.3. The fourth-order valence-electron chi connectivity index (χ4n) is 2.72. The molecule has 0 amide bonds. The van der Waals surface area contributed by atoms with Gasteiger partial charge in [-0.25, -0.2) is 0 Å². The van der Waals surface area contributed by atoms with Gasteiger partial charge in [-0.05, 0) is 35.1 Å². The van der Waals surface area contributed by atoms with Gasteiger partial charge in [0.1, 0.15) is 4.87 Å². The molecule has 2 aromatic rings. The van der Waals surface area contributed by atoms with Crippen molar-refractivity contribution in [2.75, 3.05) is 5.88 Å². The molecule has 0 fully saturated rings. The van der Waals surface area contributed by atoms with Crippen molar-refractivity contribution >= 4 is 23.2 Å². The maximum atomic E-state index is 7.01. The summed E-state index contributed by atoms with van der Waals surface area (Å²) in [6, 6.07) is 16.6. The highest BCUT2D eigenvalue weighted by molar-refractivity contribution is 6.32. The van der Waals surface area contributed by atoms with Crippen molar-refractivity contribution in [1.29, 1.82) is 0 Å². The number of aryl methyl sites for hydroxylation is 2. The van der Waals surface area contributed by atoms with Crippen LogP contribution in [0.3, 0.4) is 0 Å². The number of alkyl halides is 2. The summed E-state index contributed by atoms with van der Waals surface area (Å²) < 4.78 is 0. The summed E-state index contributed by atoms with van der Waals surface area (Å²) in [5.41, 5.74) is 4.77. The highest BCUT2D eigenvalue weighted by atomic mass is 35.5. The number of hydrogen-bond acceptors (Lipinski definition) is 0. The van der Waals surface area contributed by atoms with Gasteiger partial charge in [-0.2, -0.15) is 0 Å². The van der Waals surface area contributed by atoms with Crippen molar-refractivity contribution < 1.29 is 0 Å². The number of rotatable bonds is 5. The van der Waals surface area contributed by atoms with Crippen molar-refractivity contribution in [1.82, 2.24) is 0 Å². The van der Waals surface area contributed by atoms with Crippen LogP contribution in [-0.2, 0) is 17.7 Å². The third-order valence-electron chi connectivity index (χ3n) is 3.83. The molecule has 2 heteroatoms. The minimum absolute atomic E-state index is 0.364. The van der Waals surface area contributed by atoms with Gasteiger partial charge in [0.05, 0.1) is 0 Å². The Morgan fingerprint density at radius 2 is 1.20 bits per heavy atom. The first kappa shape index (κ1) is 15.4. The predicted octanol–water partition coefficient (Wildman–Crippen LogP) is 5.53. The van der Waals surface area contributed by atoms with Crippen molar-refractivity contribution in [3.05, 3.63) is 70.8 Å². The number of hydrogen-bond donors (Lipinski definition) is 0. The molecule has 0 spiro atoms. The fourth-order valence-corrected chi connectivity index (χ4v) is 3.38. The van der Waals surface area contributed by atoms with Gasteiger partial charge in [0.2, 0.25) is 0 Å². The van der Waals surface area contributed by atoms with Crippen molar-refractivity contribution in [3.8, 4) is 0 Å². The Hall–Kier alpha value is -0.980. The first-order valence-corrected chi connectivity index (χ1v) is 8.00. The lowest BCUT2D eigenvalue weighted by atomic mass is 9.85. The molecule has 0 saturated heterocycles. The molecule has 0 nitrogen and oxygen atoms in total. The highest BCUT2D eigenvalue weighted by Crippen LogP contribution is 2.41. The van der Waals surface area contributed by atoms with E-state index in [9.17, 15) is 0 Å². The van der Waals surface area contributed by atoms with Gasteiger partial charge in [-0.3, -0.25) is 0 Å². The van der Waals surface area contributed by atoms with E-state index in [0.29, 0.717) is 5.88 Å². The molecular weight excluding hydrogens is 287 g/mol. The monoisotopic (exact) mass is 306 g/mol. The molecule has 20 heavy (non-hydrogen) atoms. The Morgan fingerprint density at radius 3 is 1.55 bits per heavy atom. The molecule has 0 aliphatic carbocycles. The Kier molecular flexibility index (Phi) is 5.12. The molecule has 2 rings (SSSR count). The average Bonchev–Trinajstić information content (AvgIpc) is 2.54. The van der Waals surface area contributed by atoms with Crippen molar-refractivity contribution in [2.24, 2.45) is 0 Å². The Balaban J connectivity index is 2.64. The molecule has 0 saturated carbocycles. The van der Waals surface area contributed by atoms with Crippen molar-refractivity contribution in [3.63, 3.8) is 0 Å². The summed E-state index contributed by atoms with van der Waals surface area (Å²) in [6.45, 7) is 4.30. The summed E-state index contributed by atoms with van der Waals surface area (Å²) in [5.74, 6) is 0.364. The lowest BCUT2D eigenvalue weighted by molar-refractivity contribution is 0.795. The van der Waals surface area contributed by atoms with Crippen LogP contribution in [-0.4, -0.2) is 5.88 Å². The minimum atomic E-state index is -0.652. The molecule has 0 bridgehead atoms. The Bertz CT molecular complexity index is 528. The maximum Gasteiger partial charge on any atom is 0.108 e. The van der Waals surface area contributed by atoms with E-state index in [0.717, 1.165) is 24.0 Å². The van der Waals surface area contributed by atoms with E-state index in [1.54, 1.807) is 0 Å². The van der Waals surface area contributed by atoms with Crippen LogP contribution in [0, 0.1) is 0 Å². The zero-order valence-electron chi connectivity index (χ0n) is 12.0. The quantitative estimate of drug-likeness (QED) is 0.637. The van der Waals surface area contributed by atoms with Gasteiger partial charge in [-0.1, -0.05) is 62.4 Å². The Morgan fingerprint density at radius 1 is 0.800 bits per heavy atom. The zero-order chi connectivity index (χ0) is 14.6. The molecular formula is C18H20Cl2. The zero-order valence-corrected chi connectivity index (χ0v) is 13.5. The Labute approximate surface area is 131 Å². The van der Waals surface area contributed by atoms with E-state index in [-0.39, 0.29) is 0 Å². The van der Waals surface area contributed by atoms with Crippen LogP contribution < -0.4 is 0 Å². The standard InChI is InChI=1S/C18H20Cl2/c1-3-14-9-5-7-11-16(14)18(20,13-19)17-12-8-6-10-15(17)4-2/h5-12H,3-4,13H2,1-2H3. The molecule has 0 atom stereocenters. The smallest absolute Gasteiger partial charge is 0.108 e. The topological polar surface area (TPSA) is 0 Å². The summed E-state index contributed by atoms with van der Waals surface area (Å²) in [4.78, 5) is -0.652. The van der Waals surface area contributed by atoms with Gasteiger partial charge in [0.25, 0.3) is 0 Å². The van der Waals surface area contributed by atoms with Crippen LogP contribution >= 0.6 is 23.2 Å². The van der Waals surface area contributed by atoms with Gasteiger partial charge >= 0.3 is 0 Å². The molecule has 0 N–H and O–H groups in total.